The maximum Gasteiger partial charge on any atom is 0.412 e. The molecule has 9 heteroatoms. The van der Waals surface area contributed by atoms with E-state index in [1.165, 1.54) is 16.4 Å². The van der Waals surface area contributed by atoms with Crippen LogP contribution in [0.3, 0.4) is 0 Å². The number of nitrogens with one attached hydrogen (secondary N) is 1. The zero-order valence-corrected chi connectivity index (χ0v) is 18.2. The van der Waals surface area contributed by atoms with Crippen molar-refractivity contribution in [2.45, 2.75) is 37.3 Å². The Labute approximate surface area is 179 Å². The lowest BCUT2D eigenvalue weighted by atomic mass is 10.2. The van der Waals surface area contributed by atoms with Gasteiger partial charge >= 0.3 is 6.09 Å². The molecule has 0 saturated heterocycles. The van der Waals surface area contributed by atoms with E-state index in [4.69, 9.17) is 15.3 Å². The number of carbonyl (C=O) groups excluding carboxylic acids is 1. The van der Waals surface area contributed by atoms with Gasteiger partial charge in [0.2, 0.25) is 5.16 Å². The number of carbonyl (C=O) groups is 1. The fourth-order valence-corrected chi connectivity index (χ4v) is 3.50. The zero-order valence-electron chi connectivity index (χ0n) is 17.4. The number of anilines is 1. The highest BCUT2D eigenvalue weighted by atomic mass is 32.2. The van der Waals surface area contributed by atoms with Gasteiger partial charge in [-0.1, -0.05) is 36.0 Å². The molecule has 0 spiro atoms. The summed E-state index contributed by atoms with van der Waals surface area (Å²) >= 11 is 1.45. The number of rotatable bonds is 6. The van der Waals surface area contributed by atoms with Gasteiger partial charge in [-0.25, -0.2) is 9.47 Å². The van der Waals surface area contributed by atoms with Crippen molar-refractivity contribution in [3.63, 3.8) is 0 Å². The maximum atomic E-state index is 12.0. The van der Waals surface area contributed by atoms with Crippen LogP contribution >= 0.6 is 11.8 Å². The maximum absolute atomic E-state index is 12.0. The van der Waals surface area contributed by atoms with Crippen LogP contribution in [0.2, 0.25) is 0 Å². The highest BCUT2D eigenvalue weighted by Gasteiger charge is 2.17. The molecule has 0 aliphatic heterocycles. The van der Waals surface area contributed by atoms with Gasteiger partial charge in [0.1, 0.15) is 11.4 Å². The molecule has 2 aromatic carbocycles. The second-order valence-electron chi connectivity index (χ2n) is 7.49. The zero-order chi connectivity index (χ0) is 21.7. The van der Waals surface area contributed by atoms with Gasteiger partial charge in [-0.05, 0) is 50.6 Å². The molecule has 0 saturated carbocycles. The van der Waals surface area contributed by atoms with Gasteiger partial charge in [-0.2, -0.15) is 0 Å². The number of nitrogens with two attached hydrogens (primary N) is 1. The number of amides is 1. The summed E-state index contributed by atoms with van der Waals surface area (Å²) < 4.78 is 12.1. The third-order valence-electron chi connectivity index (χ3n) is 3.95. The fraction of sp³-hybridized carbons (Fsp3) is 0.286. The Kier molecular flexibility index (Phi) is 6.51. The third-order valence-corrected chi connectivity index (χ3v) is 4.97. The van der Waals surface area contributed by atoms with Crippen molar-refractivity contribution in [1.29, 1.82) is 0 Å². The summed E-state index contributed by atoms with van der Waals surface area (Å²) in [6, 6.07) is 15.0. The Balaban J connectivity index is 1.68. The molecule has 158 valence electrons. The standard InChI is InChI=1S/C21H25N5O3S/c1-21(2,3)29-20(27)23-15-9-7-8-14(12-15)13-30-19-25-24-18(26(19)22)16-10-5-6-11-17(16)28-4/h5-12H,13,22H2,1-4H3,(H,23,27). The monoisotopic (exact) mass is 427 g/mol. The molecular formula is C21H25N5O3S. The lowest BCUT2D eigenvalue weighted by Gasteiger charge is -2.19. The highest BCUT2D eigenvalue weighted by molar-refractivity contribution is 7.98. The minimum absolute atomic E-state index is 0.490. The van der Waals surface area contributed by atoms with Crippen LogP contribution in [-0.2, 0) is 10.5 Å². The van der Waals surface area contributed by atoms with E-state index in [0.29, 0.717) is 28.2 Å². The Hall–Kier alpha value is -3.20. The second kappa shape index (κ2) is 9.08. The van der Waals surface area contributed by atoms with Crippen molar-refractivity contribution >= 4 is 23.5 Å². The Morgan fingerprint density at radius 1 is 1.17 bits per heavy atom. The summed E-state index contributed by atoms with van der Waals surface area (Å²) in [5.74, 6) is 8.02. The average molecular weight is 428 g/mol. The van der Waals surface area contributed by atoms with Crippen molar-refractivity contribution in [3.05, 3.63) is 54.1 Å². The van der Waals surface area contributed by atoms with E-state index < -0.39 is 11.7 Å². The molecule has 0 fully saturated rings. The normalized spacial score (nSPS) is 11.2. The van der Waals surface area contributed by atoms with Gasteiger partial charge in [0, 0.05) is 11.4 Å². The van der Waals surface area contributed by atoms with Crippen LogP contribution in [0.15, 0.2) is 53.7 Å². The number of para-hydroxylation sites is 1. The predicted molar refractivity (Wildman–Crippen MR) is 118 cm³/mol. The minimum atomic E-state index is -0.554. The molecule has 0 unspecified atom stereocenters. The molecule has 0 atom stereocenters. The van der Waals surface area contributed by atoms with Crippen molar-refractivity contribution in [2.24, 2.45) is 0 Å². The van der Waals surface area contributed by atoms with Gasteiger partial charge in [0.15, 0.2) is 5.82 Å². The molecule has 1 aromatic heterocycles. The molecule has 8 nitrogen and oxygen atoms in total. The third kappa shape index (κ3) is 5.44. The Bertz CT molecular complexity index is 1030. The van der Waals surface area contributed by atoms with Crippen molar-refractivity contribution in [3.8, 4) is 17.1 Å². The van der Waals surface area contributed by atoms with Crippen LogP contribution < -0.4 is 15.9 Å². The van der Waals surface area contributed by atoms with Gasteiger partial charge in [-0.15, -0.1) is 10.2 Å². The number of ether oxygens (including phenoxy) is 2. The fourth-order valence-electron chi connectivity index (χ4n) is 2.70. The number of nitrogen functional groups attached to an aromatic ring is 1. The Morgan fingerprint density at radius 3 is 2.67 bits per heavy atom. The largest absolute Gasteiger partial charge is 0.496 e. The SMILES string of the molecule is COc1ccccc1-c1nnc(SCc2cccc(NC(=O)OC(C)(C)C)c2)n1N. The van der Waals surface area contributed by atoms with Crippen molar-refractivity contribution < 1.29 is 14.3 Å². The van der Waals surface area contributed by atoms with E-state index in [0.717, 1.165) is 11.1 Å². The minimum Gasteiger partial charge on any atom is -0.496 e. The molecule has 3 N–H and O–H groups in total. The van der Waals surface area contributed by atoms with Gasteiger partial charge in [0.05, 0.1) is 12.7 Å². The molecular weight excluding hydrogens is 402 g/mol. The summed E-state index contributed by atoms with van der Waals surface area (Å²) in [7, 11) is 1.60. The van der Waals surface area contributed by atoms with E-state index in [9.17, 15) is 4.79 Å². The first-order chi connectivity index (χ1) is 14.3. The second-order valence-corrected chi connectivity index (χ2v) is 8.43. The molecule has 0 bridgehead atoms. The lowest BCUT2D eigenvalue weighted by Crippen LogP contribution is -2.27. The van der Waals surface area contributed by atoms with Crippen LogP contribution in [0.5, 0.6) is 5.75 Å². The molecule has 3 aromatic rings. The summed E-state index contributed by atoms with van der Waals surface area (Å²) in [4.78, 5) is 12.0. The number of hydrogen-bond acceptors (Lipinski definition) is 7. The Morgan fingerprint density at radius 2 is 1.93 bits per heavy atom. The van der Waals surface area contributed by atoms with Crippen molar-refractivity contribution in [2.75, 3.05) is 18.3 Å². The van der Waals surface area contributed by atoms with Crippen LogP contribution in [-0.4, -0.2) is 33.7 Å². The van der Waals surface area contributed by atoms with Crippen LogP contribution in [0.25, 0.3) is 11.4 Å². The molecule has 0 aliphatic rings. The van der Waals surface area contributed by atoms with Crippen LogP contribution in [0.4, 0.5) is 10.5 Å². The van der Waals surface area contributed by atoms with Crippen molar-refractivity contribution in [1.82, 2.24) is 14.9 Å². The number of hydrogen-bond donors (Lipinski definition) is 2. The first-order valence-corrected chi connectivity index (χ1v) is 10.3. The van der Waals surface area contributed by atoms with E-state index >= 15 is 0 Å². The summed E-state index contributed by atoms with van der Waals surface area (Å²) in [6.45, 7) is 5.46. The smallest absolute Gasteiger partial charge is 0.412 e. The van der Waals surface area contributed by atoms with E-state index in [-0.39, 0.29) is 0 Å². The van der Waals surface area contributed by atoms with E-state index in [2.05, 4.69) is 15.5 Å². The van der Waals surface area contributed by atoms with Crippen LogP contribution in [0, 0.1) is 0 Å². The van der Waals surface area contributed by atoms with E-state index in [1.807, 2.05) is 69.3 Å². The average Bonchev–Trinajstić information content (AvgIpc) is 3.05. The van der Waals surface area contributed by atoms with Crippen LogP contribution in [0.1, 0.15) is 26.3 Å². The summed E-state index contributed by atoms with van der Waals surface area (Å²) in [5.41, 5.74) is 1.87. The topological polar surface area (TPSA) is 104 Å². The molecule has 1 amide bonds. The quantitative estimate of drug-likeness (QED) is 0.446. The van der Waals surface area contributed by atoms with Gasteiger partial charge < -0.3 is 15.3 Å². The number of thioether (sulfide) groups is 1. The summed E-state index contributed by atoms with van der Waals surface area (Å²) in [5, 5.41) is 11.7. The summed E-state index contributed by atoms with van der Waals surface area (Å²) in [6.07, 6.45) is -0.490. The van der Waals surface area contributed by atoms with Gasteiger partial charge in [-0.3, -0.25) is 5.32 Å². The molecule has 1 heterocycles. The first-order valence-electron chi connectivity index (χ1n) is 9.32. The predicted octanol–water partition coefficient (Wildman–Crippen LogP) is 4.31. The number of aromatic nitrogens is 3. The molecule has 3 rings (SSSR count). The van der Waals surface area contributed by atoms with E-state index in [1.54, 1.807) is 7.11 Å². The van der Waals surface area contributed by atoms with Gasteiger partial charge in [0.25, 0.3) is 0 Å². The number of methoxy groups -OCH3 is 1. The first kappa shape index (κ1) is 21.5. The molecule has 0 aliphatic carbocycles. The highest BCUT2D eigenvalue weighted by Crippen LogP contribution is 2.30. The number of nitrogens with zero attached hydrogens (tertiary/aromatic N) is 3. The lowest BCUT2D eigenvalue weighted by molar-refractivity contribution is 0.0636. The number of benzene rings is 2. The molecule has 0 radical (unpaired) electrons. The molecule has 30 heavy (non-hydrogen) atoms.